The molecule has 1 aromatic carbocycles. The summed E-state index contributed by atoms with van der Waals surface area (Å²) in [5.41, 5.74) is -0.745. The van der Waals surface area contributed by atoms with Crippen LogP contribution in [0, 0.1) is 5.82 Å². The number of hydrogen-bond donors (Lipinski definition) is 2. The van der Waals surface area contributed by atoms with Crippen LogP contribution in [0.15, 0.2) is 54.9 Å². The number of nitrogens with one attached hydrogen (secondary N) is 1. The van der Waals surface area contributed by atoms with Crippen LogP contribution in [0.4, 0.5) is 23.4 Å². The van der Waals surface area contributed by atoms with E-state index < -0.39 is 23.8 Å². The number of benzene rings is 1. The zero-order valence-corrected chi connectivity index (χ0v) is 13.8. The predicted molar refractivity (Wildman–Crippen MR) is 90.1 cm³/mol. The van der Waals surface area contributed by atoms with Gasteiger partial charge in [0.25, 0.3) is 0 Å². The molecule has 3 rings (SSSR count). The van der Waals surface area contributed by atoms with E-state index in [1.54, 1.807) is 6.07 Å². The molecule has 2 aromatic heterocycles. The quantitative estimate of drug-likeness (QED) is 0.660. The predicted octanol–water partition coefficient (Wildman–Crippen LogP) is 3.84. The zero-order valence-electron chi connectivity index (χ0n) is 13.8. The standard InChI is InChI=1S/C18H14F4N4O/c19-13-4-2-1-3-12(13)14(27)10-24-16-9-15(18(20,21)22)25-17(26-16)11-5-7-23-8-6-11/h1-9,14,27H,10H2,(H,24,25,26). The molecule has 0 saturated heterocycles. The lowest BCUT2D eigenvalue weighted by molar-refractivity contribution is -0.141. The molecule has 0 aliphatic heterocycles. The zero-order chi connectivity index (χ0) is 19.4. The monoisotopic (exact) mass is 378 g/mol. The average molecular weight is 378 g/mol. The Kier molecular flexibility index (Phi) is 5.31. The summed E-state index contributed by atoms with van der Waals surface area (Å²) >= 11 is 0. The number of rotatable bonds is 5. The molecule has 27 heavy (non-hydrogen) atoms. The number of pyridine rings is 1. The van der Waals surface area contributed by atoms with Gasteiger partial charge in [-0.05, 0) is 18.2 Å². The number of anilines is 1. The molecule has 0 spiro atoms. The Hall–Kier alpha value is -3.07. The van der Waals surface area contributed by atoms with Crippen molar-refractivity contribution in [2.75, 3.05) is 11.9 Å². The first-order valence-electron chi connectivity index (χ1n) is 7.87. The van der Waals surface area contributed by atoms with Crippen LogP contribution in [0.25, 0.3) is 11.4 Å². The Bertz CT molecular complexity index is 919. The summed E-state index contributed by atoms with van der Waals surface area (Å²) < 4.78 is 53.2. The van der Waals surface area contributed by atoms with Gasteiger partial charge in [0.05, 0.1) is 6.10 Å². The van der Waals surface area contributed by atoms with Crippen LogP contribution in [0.5, 0.6) is 0 Å². The number of aliphatic hydroxyl groups excluding tert-OH is 1. The van der Waals surface area contributed by atoms with Gasteiger partial charge >= 0.3 is 6.18 Å². The smallest absolute Gasteiger partial charge is 0.386 e. The number of aliphatic hydroxyl groups is 1. The molecule has 0 radical (unpaired) electrons. The molecule has 0 aliphatic carbocycles. The summed E-state index contributed by atoms with van der Waals surface area (Å²) in [6, 6.07) is 9.30. The highest BCUT2D eigenvalue weighted by Crippen LogP contribution is 2.31. The van der Waals surface area contributed by atoms with Gasteiger partial charge in [0, 0.05) is 36.1 Å². The first-order valence-corrected chi connectivity index (χ1v) is 7.87. The Morgan fingerprint density at radius 1 is 1.04 bits per heavy atom. The first kappa shape index (κ1) is 18.7. The summed E-state index contributed by atoms with van der Waals surface area (Å²) in [4.78, 5) is 11.4. The Morgan fingerprint density at radius 2 is 1.74 bits per heavy atom. The van der Waals surface area contributed by atoms with Crippen LogP contribution in [-0.2, 0) is 6.18 Å². The summed E-state index contributed by atoms with van der Waals surface area (Å²) in [6.07, 6.45) is -3.12. The van der Waals surface area contributed by atoms with Crippen molar-refractivity contribution in [2.24, 2.45) is 0 Å². The largest absolute Gasteiger partial charge is 0.433 e. The van der Waals surface area contributed by atoms with Crippen molar-refractivity contribution in [1.29, 1.82) is 0 Å². The molecule has 1 atom stereocenters. The lowest BCUT2D eigenvalue weighted by atomic mass is 10.1. The summed E-state index contributed by atoms with van der Waals surface area (Å²) in [6.45, 7) is -0.231. The van der Waals surface area contributed by atoms with Crippen molar-refractivity contribution in [3.63, 3.8) is 0 Å². The van der Waals surface area contributed by atoms with Crippen LogP contribution in [0.1, 0.15) is 17.4 Å². The minimum absolute atomic E-state index is 0.0319. The van der Waals surface area contributed by atoms with Crippen LogP contribution in [-0.4, -0.2) is 26.6 Å². The van der Waals surface area contributed by atoms with Gasteiger partial charge in [-0.25, -0.2) is 14.4 Å². The van der Waals surface area contributed by atoms with Gasteiger partial charge < -0.3 is 10.4 Å². The van der Waals surface area contributed by atoms with Crippen LogP contribution in [0.2, 0.25) is 0 Å². The second-order valence-corrected chi connectivity index (χ2v) is 5.61. The molecular formula is C18H14F4N4O. The number of aromatic nitrogens is 3. The number of halogens is 4. The Balaban J connectivity index is 1.87. The average Bonchev–Trinajstić information content (AvgIpc) is 2.66. The third-order valence-corrected chi connectivity index (χ3v) is 3.70. The summed E-state index contributed by atoms with van der Waals surface area (Å²) in [7, 11) is 0. The molecule has 3 aromatic rings. The summed E-state index contributed by atoms with van der Waals surface area (Å²) in [5.74, 6) is -0.891. The van der Waals surface area contributed by atoms with Gasteiger partial charge in [0.1, 0.15) is 11.6 Å². The first-order chi connectivity index (χ1) is 12.8. The molecule has 0 bridgehead atoms. The molecule has 2 heterocycles. The van der Waals surface area contributed by atoms with Crippen molar-refractivity contribution < 1.29 is 22.7 Å². The highest BCUT2D eigenvalue weighted by atomic mass is 19.4. The highest BCUT2D eigenvalue weighted by Gasteiger charge is 2.34. The molecular weight excluding hydrogens is 364 g/mol. The van der Waals surface area contributed by atoms with E-state index in [2.05, 4.69) is 20.3 Å². The van der Waals surface area contributed by atoms with Crippen LogP contribution >= 0.6 is 0 Å². The van der Waals surface area contributed by atoms with E-state index in [1.807, 2.05) is 0 Å². The number of alkyl halides is 3. The topological polar surface area (TPSA) is 70.9 Å². The molecule has 2 N–H and O–H groups in total. The van der Waals surface area contributed by atoms with Gasteiger partial charge in [0.2, 0.25) is 0 Å². The highest BCUT2D eigenvalue weighted by molar-refractivity contribution is 5.57. The van der Waals surface area contributed by atoms with Gasteiger partial charge in [-0.3, -0.25) is 4.98 Å². The van der Waals surface area contributed by atoms with Crippen molar-refractivity contribution in [3.8, 4) is 11.4 Å². The maximum atomic E-state index is 13.7. The van der Waals surface area contributed by atoms with E-state index in [9.17, 15) is 22.7 Å². The minimum Gasteiger partial charge on any atom is -0.386 e. The van der Waals surface area contributed by atoms with Crippen LogP contribution in [0.3, 0.4) is 0 Å². The fourth-order valence-corrected chi connectivity index (χ4v) is 2.37. The van der Waals surface area contributed by atoms with E-state index in [0.717, 1.165) is 6.07 Å². The fourth-order valence-electron chi connectivity index (χ4n) is 2.37. The summed E-state index contributed by atoms with van der Waals surface area (Å²) in [5, 5.41) is 12.7. The van der Waals surface area contributed by atoms with E-state index in [4.69, 9.17) is 0 Å². The van der Waals surface area contributed by atoms with Crippen molar-refractivity contribution >= 4 is 5.82 Å². The van der Waals surface area contributed by atoms with Gasteiger partial charge in [-0.2, -0.15) is 13.2 Å². The molecule has 0 amide bonds. The van der Waals surface area contributed by atoms with Crippen molar-refractivity contribution in [3.05, 3.63) is 71.9 Å². The molecule has 1 unspecified atom stereocenters. The van der Waals surface area contributed by atoms with Gasteiger partial charge in [-0.15, -0.1) is 0 Å². The molecule has 0 aliphatic rings. The SMILES string of the molecule is OC(CNc1cc(C(F)(F)F)nc(-c2ccncc2)n1)c1ccccc1F. The van der Waals surface area contributed by atoms with Gasteiger partial charge in [0.15, 0.2) is 11.5 Å². The molecule has 5 nitrogen and oxygen atoms in total. The molecule has 140 valence electrons. The lowest BCUT2D eigenvalue weighted by Gasteiger charge is -2.15. The maximum Gasteiger partial charge on any atom is 0.433 e. The lowest BCUT2D eigenvalue weighted by Crippen LogP contribution is -2.16. The third-order valence-electron chi connectivity index (χ3n) is 3.70. The van der Waals surface area contributed by atoms with E-state index in [0.29, 0.717) is 5.56 Å². The maximum absolute atomic E-state index is 13.7. The van der Waals surface area contributed by atoms with Crippen LogP contribution < -0.4 is 5.32 Å². The van der Waals surface area contributed by atoms with Gasteiger partial charge in [-0.1, -0.05) is 18.2 Å². The minimum atomic E-state index is -4.68. The Morgan fingerprint density at radius 3 is 2.41 bits per heavy atom. The third kappa shape index (κ3) is 4.56. The number of nitrogens with zero attached hydrogens (tertiary/aromatic N) is 3. The van der Waals surface area contributed by atoms with E-state index >= 15 is 0 Å². The normalized spacial score (nSPS) is 12.6. The van der Waals surface area contributed by atoms with Crippen molar-refractivity contribution in [2.45, 2.75) is 12.3 Å². The fraction of sp³-hybridized carbons (Fsp3) is 0.167. The molecule has 0 fully saturated rings. The second kappa shape index (κ2) is 7.67. The molecule has 0 saturated carbocycles. The van der Waals surface area contributed by atoms with E-state index in [1.165, 1.54) is 42.7 Å². The van der Waals surface area contributed by atoms with E-state index in [-0.39, 0.29) is 23.8 Å². The number of hydrogen-bond acceptors (Lipinski definition) is 5. The molecule has 9 heteroatoms. The van der Waals surface area contributed by atoms with Crippen molar-refractivity contribution in [1.82, 2.24) is 15.0 Å². The Labute approximate surface area is 151 Å². The second-order valence-electron chi connectivity index (χ2n) is 5.61.